The monoisotopic (exact) mass is 390 g/mol. The summed E-state index contributed by atoms with van der Waals surface area (Å²) in [6, 6.07) is 12.6. The lowest BCUT2D eigenvalue weighted by atomic mass is 10.2. The summed E-state index contributed by atoms with van der Waals surface area (Å²) in [4.78, 5) is 25.1. The molecule has 2 aromatic carbocycles. The minimum absolute atomic E-state index is 0.0422. The summed E-state index contributed by atoms with van der Waals surface area (Å²) in [7, 11) is -2.41. The molecule has 0 unspecified atom stereocenters. The van der Waals surface area contributed by atoms with Crippen molar-refractivity contribution in [3.8, 4) is 0 Å². The molecule has 0 fully saturated rings. The lowest BCUT2D eigenvalue weighted by Crippen LogP contribution is -2.33. The van der Waals surface area contributed by atoms with Gasteiger partial charge in [0.15, 0.2) is 0 Å². The van der Waals surface area contributed by atoms with Gasteiger partial charge in [0, 0.05) is 18.3 Å². The van der Waals surface area contributed by atoms with Crippen LogP contribution in [-0.4, -0.2) is 45.4 Å². The van der Waals surface area contributed by atoms with Crippen LogP contribution in [0.5, 0.6) is 0 Å². The van der Waals surface area contributed by atoms with Gasteiger partial charge in [-0.3, -0.25) is 14.3 Å². The Balaban J connectivity index is 2.20. The van der Waals surface area contributed by atoms with Crippen molar-refractivity contribution in [1.29, 1.82) is 0 Å². The summed E-state index contributed by atoms with van der Waals surface area (Å²) in [5.74, 6) is -1.01. The standard InChI is InChI=1S/C19H22N2O5S/c1-4-26-18(22)13-21(3)19(23)15-8-6-10-17(12-15)27(24,25)20-16-9-5-7-14(2)11-16/h5-12,20H,4,13H2,1-3H3. The van der Waals surface area contributed by atoms with E-state index in [1.807, 2.05) is 13.0 Å². The molecule has 0 aliphatic rings. The number of aryl methyl sites for hydroxylation is 1. The Morgan fingerprint density at radius 1 is 1.11 bits per heavy atom. The molecule has 1 N–H and O–H groups in total. The van der Waals surface area contributed by atoms with E-state index in [-0.39, 0.29) is 23.6 Å². The highest BCUT2D eigenvalue weighted by atomic mass is 32.2. The highest BCUT2D eigenvalue weighted by Gasteiger charge is 2.19. The molecular formula is C19H22N2O5S. The van der Waals surface area contributed by atoms with Crippen LogP contribution in [0.3, 0.4) is 0 Å². The third-order valence-electron chi connectivity index (χ3n) is 3.68. The second-order valence-corrected chi connectivity index (χ2v) is 7.65. The number of rotatable bonds is 7. The summed E-state index contributed by atoms with van der Waals surface area (Å²) in [6.07, 6.45) is 0. The Bertz CT molecular complexity index is 941. The first-order chi connectivity index (χ1) is 12.7. The van der Waals surface area contributed by atoms with Gasteiger partial charge in [0.05, 0.1) is 11.5 Å². The molecule has 0 atom stereocenters. The molecule has 8 heteroatoms. The van der Waals surface area contributed by atoms with Crippen molar-refractivity contribution in [1.82, 2.24) is 4.90 Å². The molecule has 0 aliphatic heterocycles. The fourth-order valence-corrected chi connectivity index (χ4v) is 3.51. The van der Waals surface area contributed by atoms with Crippen molar-refractivity contribution in [2.24, 2.45) is 0 Å². The summed E-state index contributed by atoms with van der Waals surface area (Å²) in [6.45, 7) is 3.54. The highest BCUT2D eigenvalue weighted by molar-refractivity contribution is 7.92. The molecule has 0 radical (unpaired) electrons. The van der Waals surface area contributed by atoms with Crippen LogP contribution in [0.25, 0.3) is 0 Å². The Labute approximate surface area is 159 Å². The Hall–Kier alpha value is -2.87. The summed E-state index contributed by atoms with van der Waals surface area (Å²) in [5.41, 5.74) is 1.51. The van der Waals surface area contributed by atoms with Gasteiger partial charge in [0.1, 0.15) is 6.54 Å². The van der Waals surface area contributed by atoms with Gasteiger partial charge in [-0.25, -0.2) is 8.42 Å². The van der Waals surface area contributed by atoms with E-state index >= 15 is 0 Å². The predicted molar refractivity (Wildman–Crippen MR) is 102 cm³/mol. The van der Waals surface area contributed by atoms with Crippen LogP contribution in [0.4, 0.5) is 5.69 Å². The van der Waals surface area contributed by atoms with Crippen molar-refractivity contribution in [2.45, 2.75) is 18.7 Å². The van der Waals surface area contributed by atoms with Gasteiger partial charge in [-0.15, -0.1) is 0 Å². The number of nitrogens with one attached hydrogen (secondary N) is 1. The number of carbonyl (C=O) groups is 2. The zero-order chi connectivity index (χ0) is 20.0. The maximum absolute atomic E-state index is 12.6. The van der Waals surface area contributed by atoms with Gasteiger partial charge in [-0.1, -0.05) is 18.2 Å². The molecule has 0 heterocycles. The quantitative estimate of drug-likeness (QED) is 0.733. The number of nitrogens with zero attached hydrogens (tertiary/aromatic N) is 1. The fraction of sp³-hybridized carbons (Fsp3) is 0.263. The Morgan fingerprint density at radius 3 is 2.48 bits per heavy atom. The zero-order valence-corrected chi connectivity index (χ0v) is 16.2. The van der Waals surface area contributed by atoms with E-state index in [1.165, 1.54) is 36.2 Å². The molecule has 2 rings (SSSR count). The van der Waals surface area contributed by atoms with Crippen molar-refractivity contribution in [2.75, 3.05) is 24.9 Å². The molecule has 2 aromatic rings. The first-order valence-corrected chi connectivity index (χ1v) is 9.82. The number of likely N-dealkylation sites (N-methyl/N-ethyl adjacent to an activating group) is 1. The van der Waals surface area contributed by atoms with Crippen LogP contribution in [0.15, 0.2) is 53.4 Å². The van der Waals surface area contributed by atoms with Gasteiger partial charge in [-0.2, -0.15) is 0 Å². The molecule has 0 bridgehead atoms. The Morgan fingerprint density at radius 2 is 1.81 bits per heavy atom. The minimum atomic E-state index is -3.86. The van der Waals surface area contributed by atoms with E-state index in [9.17, 15) is 18.0 Å². The summed E-state index contributed by atoms with van der Waals surface area (Å²) >= 11 is 0. The van der Waals surface area contributed by atoms with Crippen LogP contribution in [0.2, 0.25) is 0 Å². The molecule has 0 spiro atoms. The van der Waals surface area contributed by atoms with Crippen LogP contribution in [-0.2, 0) is 19.6 Å². The first-order valence-electron chi connectivity index (χ1n) is 8.33. The second kappa shape index (κ2) is 8.68. The van der Waals surface area contributed by atoms with Crippen LogP contribution < -0.4 is 4.72 Å². The minimum Gasteiger partial charge on any atom is -0.465 e. The van der Waals surface area contributed by atoms with Crippen molar-refractivity contribution < 1.29 is 22.7 Å². The number of amides is 1. The average molecular weight is 390 g/mol. The maximum Gasteiger partial charge on any atom is 0.325 e. The molecular weight excluding hydrogens is 368 g/mol. The SMILES string of the molecule is CCOC(=O)CN(C)C(=O)c1cccc(S(=O)(=O)Nc2cccc(C)c2)c1. The van der Waals surface area contributed by atoms with E-state index in [1.54, 1.807) is 25.1 Å². The third-order valence-corrected chi connectivity index (χ3v) is 5.06. The van der Waals surface area contributed by atoms with E-state index in [0.717, 1.165) is 5.56 Å². The molecule has 0 saturated carbocycles. The smallest absolute Gasteiger partial charge is 0.325 e. The number of benzene rings is 2. The molecule has 27 heavy (non-hydrogen) atoms. The molecule has 1 amide bonds. The van der Waals surface area contributed by atoms with Gasteiger partial charge in [0.2, 0.25) is 0 Å². The van der Waals surface area contributed by atoms with Crippen molar-refractivity contribution in [3.05, 3.63) is 59.7 Å². The summed E-state index contributed by atoms with van der Waals surface area (Å²) in [5, 5.41) is 0. The lowest BCUT2D eigenvalue weighted by Gasteiger charge is -2.16. The number of sulfonamides is 1. The lowest BCUT2D eigenvalue weighted by molar-refractivity contribution is -0.143. The molecule has 0 aliphatic carbocycles. The van der Waals surface area contributed by atoms with Gasteiger partial charge < -0.3 is 9.64 Å². The van der Waals surface area contributed by atoms with E-state index in [2.05, 4.69) is 4.72 Å². The highest BCUT2D eigenvalue weighted by Crippen LogP contribution is 2.18. The topological polar surface area (TPSA) is 92.8 Å². The average Bonchev–Trinajstić information content (AvgIpc) is 2.61. The first kappa shape index (κ1) is 20.4. The van der Waals surface area contributed by atoms with Gasteiger partial charge >= 0.3 is 5.97 Å². The zero-order valence-electron chi connectivity index (χ0n) is 15.4. The van der Waals surface area contributed by atoms with Crippen LogP contribution in [0, 0.1) is 6.92 Å². The summed E-state index contributed by atoms with van der Waals surface area (Å²) < 4.78 is 32.5. The van der Waals surface area contributed by atoms with Crippen LogP contribution in [0.1, 0.15) is 22.8 Å². The number of hydrogen-bond acceptors (Lipinski definition) is 5. The number of carbonyl (C=O) groups excluding carboxylic acids is 2. The Kier molecular flexibility index (Phi) is 6.57. The van der Waals surface area contributed by atoms with E-state index < -0.39 is 21.9 Å². The molecule has 144 valence electrons. The largest absolute Gasteiger partial charge is 0.465 e. The van der Waals surface area contributed by atoms with Crippen LogP contribution >= 0.6 is 0 Å². The molecule has 0 aromatic heterocycles. The molecule has 7 nitrogen and oxygen atoms in total. The maximum atomic E-state index is 12.6. The van der Waals surface area contributed by atoms with E-state index in [4.69, 9.17) is 4.74 Å². The second-order valence-electron chi connectivity index (χ2n) is 5.97. The number of esters is 1. The van der Waals surface area contributed by atoms with Gasteiger partial charge in [-0.05, 0) is 49.7 Å². The fourth-order valence-electron chi connectivity index (χ4n) is 2.41. The third kappa shape index (κ3) is 5.55. The number of hydrogen-bond donors (Lipinski definition) is 1. The number of anilines is 1. The molecule has 0 saturated heterocycles. The van der Waals surface area contributed by atoms with Crippen molar-refractivity contribution in [3.63, 3.8) is 0 Å². The normalized spacial score (nSPS) is 10.9. The van der Waals surface area contributed by atoms with Crippen molar-refractivity contribution >= 4 is 27.6 Å². The van der Waals surface area contributed by atoms with E-state index in [0.29, 0.717) is 5.69 Å². The predicted octanol–water partition coefficient (Wildman–Crippen LogP) is 2.43. The van der Waals surface area contributed by atoms with Gasteiger partial charge in [0.25, 0.3) is 15.9 Å². The number of ether oxygens (including phenoxy) is 1.